The summed E-state index contributed by atoms with van der Waals surface area (Å²) in [5.74, 6) is 0. The Morgan fingerprint density at radius 1 is 1.03 bits per heavy atom. The van der Waals surface area contributed by atoms with Gasteiger partial charge in [0, 0.05) is 47.2 Å². The van der Waals surface area contributed by atoms with E-state index in [0.717, 1.165) is 50.3 Å². The van der Waals surface area contributed by atoms with Gasteiger partial charge in [0.1, 0.15) is 0 Å². The Hall–Kier alpha value is -3.87. The zero-order valence-corrected chi connectivity index (χ0v) is 18.9. The first-order valence-corrected chi connectivity index (χ1v) is 11.3. The summed E-state index contributed by atoms with van der Waals surface area (Å²) in [6.07, 6.45) is 4.38. The summed E-state index contributed by atoms with van der Waals surface area (Å²) in [6, 6.07) is 22.5. The number of aryl methyl sites for hydroxylation is 1. The van der Waals surface area contributed by atoms with Crippen molar-refractivity contribution in [2.24, 2.45) is 5.73 Å². The molecule has 6 rings (SSSR count). The van der Waals surface area contributed by atoms with Gasteiger partial charge in [0.25, 0.3) is 0 Å². The normalized spacial score (nSPS) is 22.1. The molecule has 0 unspecified atom stereocenters. The van der Waals surface area contributed by atoms with E-state index in [0.29, 0.717) is 12.8 Å². The predicted octanol–water partition coefficient (Wildman–Crippen LogP) is 4.78. The van der Waals surface area contributed by atoms with E-state index in [4.69, 9.17) is 10.7 Å². The number of hydrogen-bond donors (Lipinski definition) is 2. The molecule has 3 N–H and O–H groups in total. The van der Waals surface area contributed by atoms with E-state index in [2.05, 4.69) is 47.0 Å². The lowest BCUT2D eigenvalue weighted by Crippen LogP contribution is -2.58. The van der Waals surface area contributed by atoms with Gasteiger partial charge in [-0.3, -0.25) is 0 Å². The zero-order valence-electron chi connectivity index (χ0n) is 18.9. The molecule has 0 radical (unpaired) electrons. The van der Waals surface area contributed by atoms with Crippen LogP contribution in [0.3, 0.4) is 0 Å². The van der Waals surface area contributed by atoms with Crippen LogP contribution in [0.5, 0.6) is 0 Å². The lowest BCUT2D eigenvalue weighted by molar-refractivity contribution is -0.0487. The number of hydrogen-bond acceptors (Lipinski definition) is 5. The largest absolute Gasteiger partial charge is 0.386 e. The van der Waals surface area contributed by atoms with Crippen LogP contribution in [0.1, 0.15) is 24.1 Å². The van der Waals surface area contributed by atoms with E-state index in [9.17, 15) is 5.11 Å². The lowest BCUT2D eigenvalue weighted by Gasteiger charge is -2.50. The van der Waals surface area contributed by atoms with Crippen molar-refractivity contribution in [3.05, 3.63) is 96.8 Å². The average Bonchev–Trinajstić information content (AvgIpc) is 3.23. The second kappa shape index (κ2) is 7.32. The highest BCUT2D eigenvalue weighted by atomic mass is 16.3. The van der Waals surface area contributed by atoms with E-state index in [1.807, 2.05) is 49.5 Å². The molecule has 6 nitrogen and oxygen atoms in total. The van der Waals surface area contributed by atoms with E-state index in [1.54, 1.807) is 10.6 Å². The Kier molecular flexibility index (Phi) is 4.46. The Labute approximate surface area is 197 Å². The molecule has 2 aromatic carbocycles. The summed E-state index contributed by atoms with van der Waals surface area (Å²) in [7, 11) is 0. The fraction of sp³-hybridized carbons (Fsp3) is 0.179. The summed E-state index contributed by atoms with van der Waals surface area (Å²) in [5, 5.41) is 15.9. The monoisotopic (exact) mass is 447 g/mol. The molecule has 1 fully saturated rings. The zero-order chi connectivity index (χ0) is 23.5. The Morgan fingerprint density at radius 3 is 2.47 bits per heavy atom. The van der Waals surface area contributed by atoms with Crippen LogP contribution in [0.15, 0.2) is 85.6 Å². The van der Waals surface area contributed by atoms with Crippen molar-refractivity contribution in [3.63, 3.8) is 0 Å². The van der Waals surface area contributed by atoms with E-state index < -0.39 is 11.1 Å². The van der Waals surface area contributed by atoms with Crippen LogP contribution >= 0.6 is 0 Å². The standard InChI is InChI=1S/C28H25N5O/c1-3-27(34)16-28(29,17-27)22-11-9-20(10-12-22)25-23(19-7-5-4-6-8-19)14-21-15-30-24-13-18(2)32-33(24)26(21)31-25/h3-15,34H,1,16-17,29H2,2H3. The maximum atomic E-state index is 10.4. The molecule has 34 heavy (non-hydrogen) atoms. The van der Waals surface area contributed by atoms with Crippen molar-refractivity contribution in [3.8, 4) is 22.4 Å². The van der Waals surface area contributed by atoms with Gasteiger partial charge in [-0.2, -0.15) is 9.61 Å². The number of aliphatic hydroxyl groups is 1. The van der Waals surface area contributed by atoms with Crippen LogP contribution in [0.25, 0.3) is 39.1 Å². The minimum atomic E-state index is -0.880. The highest BCUT2D eigenvalue weighted by Gasteiger charge is 2.50. The molecule has 3 aromatic heterocycles. The first kappa shape index (κ1) is 20.7. The topological polar surface area (TPSA) is 89.3 Å². The van der Waals surface area contributed by atoms with Crippen molar-refractivity contribution in [2.45, 2.75) is 30.9 Å². The van der Waals surface area contributed by atoms with Gasteiger partial charge in [0.2, 0.25) is 0 Å². The van der Waals surface area contributed by atoms with E-state index >= 15 is 0 Å². The molecule has 1 aliphatic carbocycles. The SMILES string of the molecule is C=CC1(O)CC(N)(c2ccc(-c3nc4c(cnc5cc(C)nn54)cc3-c3ccccc3)cc2)C1. The Morgan fingerprint density at radius 2 is 1.76 bits per heavy atom. The summed E-state index contributed by atoms with van der Waals surface area (Å²) in [4.78, 5) is 9.66. The second-order valence-corrected chi connectivity index (χ2v) is 9.37. The summed E-state index contributed by atoms with van der Waals surface area (Å²) < 4.78 is 1.80. The van der Waals surface area contributed by atoms with Gasteiger partial charge in [-0.25, -0.2) is 9.97 Å². The smallest absolute Gasteiger partial charge is 0.165 e. The van der Waals surface area contributed by atoms with E-state index in [-0.39, 0.29) is 0 Å². The van der Waals surface area contributed by atoms with Crippen LogP contribution in [0.2, 0.25) is 0 Å². The van der Waals surface area contributed by atoms with Crippen molar-refractivity contribution in [1.29, 1.82) is 0 Å². The number of rotatable bonds is 4. The minimum absolute atomic E-state index is 0.468. The van der Waals surface area contributed by atoms with Gasteiger partial charge in [0.15, 0.2) is 11.3 Å². The molecule has 3 heterocycles. The molecule has 0 amide bonds. The second-order valence-electron chi connectivity index (χ2n) is 9.37. The van der Waals surface area contributed by atoms with E-state index in [1.165, 1.54) is 0 Å². The van der Waals surface area contributed by atoms with Gasteiger partial charge in [-0.1, -0.05) is 60.7 Å². The van der Waals surface area contributed by atoms with Gasteiger partial charge in [-0.15, -0.1) is 6.58 Å². The molecule has 6 heteroatoms. The maximum Gasteiger partial charge on any atom is 0.165 e. The van der Waals surface area contributed by atoms with Crippen LogP contribution in [-0.4, -0.2) is 30.3 Å². The molecule has 1 aliphatic rings. The first-order valence-electron chi connectivity index (χ1n) is 11.3. The summed E-state index contributed by atoms with van der Waals surface area (Å²) >= 11 is 0. The first-order chi connectivity index (χ1) is 16.4. The highest BCUT2D eigenvalue weighted by Crippen LogP contribution is 2.47. The fourth-order valence-electron chi connectivity index (χ4n) is 5.06. The number of nitrogens with two attached hydrogens (primary N) is 1. The third-order valence-electron chi connectivity index (χ3n) is 6.82. The molecule has 1 saturated carbocycles. The van der Waals surface area contributed by atoms with Crippen molar-refractivity contribution in [1.82, 2.24) is 19.6 Å². The molecule has 168 valence electrons. The molecule has 0 atom stereocenters. The van der Waals surface area contributed by atoms with Crippen molar-refractivity contribution in [2.75, 3.05) is 0 Å². The third kappa shape index (κ3) is 3.22. The molecule has 0 bridgehead atoms. The number of pyridine rings is 1. The lowest BCUT2D eigenvalue weighted by atomic mass is 9.62. The van der Waals surface area contributed by atoms with Crippen LogP contribution < -0.4 is 5.73 Å². The maximum absolute atomic E-state index is 10.4. The predicted molar refractivity (Wildman–Crippen MR) is 134 cm³/mol. The minimum Gasteiger partial charge on any atom is -0.386 e. The Bertz CT molecular complexity index is 1550. The molecule has 0 spiro atoms. The quantitative estimate of drug-likeness (QED) is 0.387. The van der Waals surface area contributed by atoms with Gasteiger partial charge >= 0.3 is 0 Å². The van der Waals surface area contributed by atoms with Crippen LogP contribution in [-0.2, 0) is 5.54 Å². The van der Waals surface area contributed by atoms with Crippen LogP contribution in [0, 0.1) is 6.92 Å². The molecule has 0 aliphatic heterocycles. The number of benzene rings is 2. The van der Waals surface area contributed by atoms with Crippen molar-refractivity contribution < 1.29 is 5.11 Å². The number of aromatic nitrogens is 4. The van der Waals surface area contributed by atoms with Gasteiger partial charge in [0.05, 0.1) is 17.0 Å². The number of nitrogens with zero attached hydrogens (tertiary/aromatic N) is 4. The van der Waals surface area contributed by atoms with Gasteiger partial charge < -0.3 is 10.8 Å². The highest BCUT2D eigenvalue weighted by molar-refractivity contribution is 5.90. The van der Waals surface area contributed by atoms with Crippen molar-refractivity contribution >= 4 is 16.7 Å². The van der Waals surface area contributed by atoms with Crippen LogP contribution in [0.4, 0.5) is 0 Å². The summed E-state index contributed by atoms with van der Waals surface area (Å²) in [6.45, 7) is 5.68. The average molecular weight is 448 g/mol. The molecular formula is C28H25N5O. The molecular weight excluding hydrogens is 422 g/mol. The fourth-order valence-corrected chi connectivity index (χ4v) is 5.06. The number of fused-ring (bicyclic) bond motifs is 3. The third-order valence-corrected chi connectivity index (χ3v) is 6.82. The summed E-state index contributed by atoms with van der Waals surface area (Å²) in [5.41, 5.74) is 12.5. The molecule has 0 saturated heterocycles. The Balaban J connectivity index is 1.51. The van der Waals surface area contributed by atoms with Gasteiger partial charge in [-0.05, 0) is 24.1 Å². The molecule has 5 aromatic rings.